The summed E-state index contributed by atoms with van der Waals surface area (Å²) in [7, 11) is 1.63. The number of hydrogen-bond acceptors (Lipinski definition) is 2. The molecule has 1 aromatic carbocycles. The lowest BCUT2D eigenvalue weighted by molar-refractivity contribution is 0.736. The van der Waals surface area contributed by atoms with Crippen LogP contribution in [0.5, 0.6) is 0 Å². The van der Waals surface area contributed by atoms with Gasteiger partial charge in [-0.05, 0) is 12.5 Å². The number of rotatable bonds is 1. The highest BCUT2D eigenvalue weighted by Gasteiger charge is 2.06. The Kier molecular flexibility index (Phi) is 1.96. The average Bonchev–Trinajstić information content (AvgIpc) is 2.48. The largest absolute Gasteiger partial charge is 0.343 e. The van der Waals surface area contributed by atoms with Gasteiger partial charge in [-0.3, -0.25) is 4.98 Å². The van der Waals surface area contributed by atoms with E-state index < -0.39 is 0 Å². The highest BCUT2D eigenvalue weighted by Crippen LogP contribution is 2.17. The molecular weight excluding hydrogens is 178 g/mol. The van der Waals surface area contributed by atoms with Gasteiger partial charge in [0.25, 0.3) is 0 Å². The Morgan fingerprint density at radius 2 is 2.07 bits per heavy atom. The molecule has 1 N–H and O–H groups in total. The molecular formula is C10H11N3O. The first-order valence-corrected chi connectivity index (χ1v) is 4.38. The van der Waals surface area contributed by atoms with Gasteiger partial charge in [-0.15, -0.1) is 0 Å². The SMILES string of the molecule is Cc1ccccc1-c1nn(C)c(=O)[nH]1. The summed E-state index contributed by atoms with van der Waals surface area (Å²) in [6.07, 6.45) is 0. The highest BCUT2D eigenvalue weighted by atomic mass is 16.1. The number of nitrogens with one attached hydrogen (secondary N) is 1. The van der Waals surface area contributed by atoms with Crippen LogP contribution in [0.2, 0.25) is 0 Å². The molecule has 0 saturated carbocycles. The van der Waals surface area contributed by atoms with Crippen LogP contribution in [0.1, 0.15) is 5.56 Å². The van der Waals surface area contributed by atoms with Crippen molar-refractivity contribution >= 4 is 0 Å². The first-order valence-electron chi connectivity index (χ1n) is 4.38. The van der Waals surface area contributed by atoms with Gasteiger partial charge >= 0.3 is 5.69 Å². The Labute approximate surface area is 81.2 Å². The van der Waals surface area contributed by atoms with Crippen molar-refractivity contribution in [3.63, 3.8) is 0 Å². The van der Waals surface area contributed by atoms with Crippen molar-refractivity contribution in [2.24, 2.45) is 7.05 Å². The molecule has 0 spiro atoms. The minimum Gasteiger partial charge on any atom is -0.289 e. The van der Waals surface area contributed by atoms with Crippen LogP contribution in [0.4, 0.5) is 0 Å². The Balaban J connectivity index is 2.60. The van der Waals surface area contributed by atoms with Crippen LogP contribution in [0.25, 0.3) is 11.4 Å². The van der Waals surface area contributed by atoms with Crippen LogP contribution >= 0.6 is 0 Å². The summed E-state index contributed by atoms with van der Waals surface area (Å²) in [6, 6.07) is 7.81. The van der Waals surface area contributed by atoms with Gasteiger partial charge in [0.1, 0.15) is 0 Å². The van der Waals surface area contributed by atoms with E-state index in [1.165, 1.54) is 4.68 Å². The van der Waals surface area contributed by atoms with Gasteiger partial charge in [-0.25, -0.2) is 9.48 Å². The lowest BCUT2D eigenvalue weighted by Crippen LogP contribution is -2.13. The minimum absolute atomic E-state index is 0.191. The Morgan fingerprint density at radius 3 is 2.64 bits per heavy atom. The van der Waals surface area contributed by atoms with Crippen LogP contribution in [0, 0.1) is 6.92 Å². The van der Waals surface area contributed by atoms with Crippen LogP contribution < -0.4 is 5.69 Å². The van der Waals surface area contributed by atoms with Crippen molar-refractivity contribution in [1.82, 2.24) is 14.8 Å². The number of aromatic nitrogens is 3. The fourth-order valence-electron chi connectivity index (χ4n) is 1.36. The molecule has 0 amide bonds. The molecule has 1 heterocycles. The number of aryl methyl sites for hydroxylation is 2. The van der Waals surface area contributed by atoms with E-state index in [-0.39, 0.29) is 5.69 Å². The van der Waals surface area contributed by atoms with Gasteiger partial charge in [0.05, 0.1) is 0 Å². The predicted molar refractivity (Wildman–Crippen MR) is 54.0 cm³/mol. The van der Waals surface area contributed by atoms with E-state index >= 15 is 0 Å². The summed E-state index contributed by atoms with van der Waals surface area (Å²) in [6.45, 7) is 1.99. The van der Waals surface area contributed by atoms with E-state index in [0.29, 0.717) is 5.82 Å². The summed E-state index contributed by atoms with van der Waals surface area (Å²) in [5, 5.41) is 4.09. The zero-order chi connectivity index (χ0) is 10.1. The fraction of sp³-hybridized carbons (Fsp3) is 0.200. The molecule has 0 bridgehead atoms. The maximum Gasteiger partial charge on any atom is 0.343 e. The van der Waals surface area contributed by atoms with Gasteiger partial charge in [-0.2, -0.15) is 5.10 Å². The standard InChI is InChI=1S/C10H11N3O/c1-7-5-3-4-6-8(7)9-11-10(14)13(2)12-9/h3-6H,1-2H3,(H,11,12,14). The van der Waals surface area contributed by atoms with Gasteiger partial charge in [-0.1, -0.05) is 24.3 Å². The predicted octanol–water partition coefficient (Wildman–Crippen LogP) is 1.08. The van der Waals surface area contributed by atoms with E-state index in [2.05, 4.69) is 10.1 Å². The first-order chi connectivity index (χ1) is 6.68. The molecule has 4 heteroatoms. The Morgan fingerprint density at radius 1 is 1.36 bits per heavy atom. The third-order valence-electron chi connectivity index (χ3n) is 2.17. The van der Waals surface area contributed by atoms with E-state index in [4.69, 9.17) is 0 Å². The Bertz CT molecular complexity index is 510. The van der Waals surface area contributed by atoms with Gasteiger partial charge in [0, 0.05) is 12.6 Å². The van der Waals surface area contributed by atoms with Gasteiger partial charge in [0.15, 0.2) is 5.82 Å². The van der Waals surface area contributed by atoms with E-state index in [9.17, 15) is 4.79 Å². The van der Waals surface area contributed by atoms with Crippen LogP contribution in [-0.4, -0.2) is 14.8 Å². The molecule has 0 saturated heterocycles. The highest BCUT2D eigenvalue weighted by molar-refractivity contribution is 5.58. The van der Waals surface area contributed by atoms with Crippen molar-refractivity contribution in [1.29, 1.82) is 0 Å². The summed E-state index contributed by atoms with van der Waals surface area (Å²) in [5.74, 6) is 0.621. The molecule has 0 unspecified atom stereocenters. The fourth-order valence-corrected chi connectivity index (χ4v) is 1.36. The second kappa shape index (κ2) is 3.14. The number of hydrogen-bond donors (Lipinski definition) is 1. The summed E-state index contributed by atoms with van der Waals surface area (Å²) in [5.41, 5.74) is 1.87. The minimum atomic E-state index is -0.191. The van der Waals surface area contributed by atoms with Crippen LogP contribution in [0.3, 0.4) is 0 Å². The monoisotopic (exact) mass is 189 g/mol. The topological polar surface area (TPSA) is 50.7 Å². The molecule has 1 aromatic heterocycles. The van der Waals surface area contributed by atoms with Crippen molar-refractivity contribution in [3.05, 3.63) is 40.3 Å². The number of nitrogens with zero attached hydrogens (tertiary/aromatic N) is 2. The molecule has 0 aliphatic heterocycles. The van der Waals surface area contributed by atoms with Crippen molar-refractivity contribution in [2.75, 3.05) is 0 Å². The lowest BCUT2D eigenvalue weighted by atomic mass is 10.1. The van der Waals surface area contributed by atoms with Crippen molar-refractivity contribution in [2.45, 2.75) is 6.92 Å². The molecule has 0 atom stereocenters. The van der Waals surface area contributed by atoms with Crippen molar-refractivity contribution in [3.8, 4) is 11.4 Å². The molecule has 0 fully saturated rings. The summed E-state index contributed by atoms with van der Waals surface area (Å²) >= 11 is 0. The molecule has 0 aliphatic rings. The summed E-state index contributed by atoms with van der Waals surface area (Å²) < 4.78 is 1.29. The molecule has 14 heavy (non-hydrogen) atoms. The van der Waals surface area contributed by atoms with Crippen LogP contribution in [-0.2, 0) is 7.05 Å². The molecule has 2 aromatic rings. The number of aromatic amines is 1. The molecule has 0 radical (unpaired) electrons. The third-order valence-corrected chi connectivity index (χ3v) is 2.17. The summed E-state index contributed by atoms with van der Waals surface area (Å²) in [4.78, 5) is 13.9. The quantitative estimate of drug-likeness (QED) is 0.729. The van der Waals surface area contributed by atoms with Gasteiger partial charge < -0.3 is 0 Å². The van der Waals surface area contributed by atoms with E-state index in [0.717, 1.165) is 11.1 Å². The maximum atomic E-state index is 11.2. The second-order valence-corrected chi connectivity index (χ2v) is 3.22. The zero-order valence-corrected chi connectivity index (χ0v) is 8.11. The molecule has 4 nitrogen and oxygen atoms in total. The normalized spacial score (nSPS) is 10.4. The molecule has 2 rings (SSSR count). The second-order valence-electron chi connectivity index (χ2n) is 3.22. The number of benzene rings is 1. The van der Waals surface area contributed by atoms with E-state index in [1.54, 1.807) is 7.05 Å². The lowest BCUT2D eigenvalue weighted by Gasteiger charge is -1.99. The third kappa shape index (κ3) is 1.35. The van der Waals surface area contributed by atoms with Gasteiger partial charge in [0.2, 0.25) is 0 Å². The smallest absolute Gasteiger partial charge is 0.289 e. The zero-order valence-electron chi connectivity index (χ0n) is 8.11. The first kappa shape index (κ1) is 8.74. The molecule has 72 valence electrons. The molecule has 0 aliphatic carbocycles. The Hall–Kier alpha value is -1.84. The number of H-pyrrole nitrogens is 1. The van der Waals surface area contributed by atoms with Crippen LogP contribution in [0.15, 0.2) is 29.1 Å². The maximum absolute atomic E-state index is 11.2. The average molecular weight is 189 g/mol. The van der Waals surface area contributed by atoms with Crippen molar-refractivity contribution < 1.29 is 0 Å². The van der Waals surface area contributed by atoms with E-state index in [1.807, 2.05) is 31.2 Å².